The van der Waals surface area contributed by atoms with E-state index < -0.39 is 72.6 Å². The lowest BCUT2D eigenvalue weighted by Crippen LogP contribution is -2.58. The van der Waals surface area contributed by atoms with Crippen molar-refractivity contribution >= 4 is 35.6 Å². The van der Waals surface area contributed by atoms with Gasteiger partial charge >= 0.3 is 11.9 Å². The summed E-state index contributed by atoms with van der Waals surface area (Å²) in [6.45, 7) is 0. The Morgan fingerprint density at radius 3 is 1.92 bits per heavy atom. The number of aromatic hydroxyl groups is 1. The highest BCUT2D eigenvalue weighted by atomic mass is 16.4. The van der Waals surface area contributed by atoms with Crippen LogP contribution in [0.15, 0.2) is 36.8 Å². The normalized spacial score (nSPS) is 13.8. The summed E-state index contributed by atoms with van der Waals surface area (Å²) in [4.78, 5) is 79.1. The number of phenolic OH excluding ortho intramolecular Hbond substituents is 1. The van der Waals surface area contributed by atoms with E-state index in [1.807, 2.05) is 0 Å². The largest absolute Gasteiger partial charge is 0.508 e. The fourth-order valence-electron chi connectivity index (χ4n) is 3.41. The number of nitrogens with zero attached hydrogens (tertiary/aromatic N) is 1. The Labute approximate surface area is 221 Å². The molecule has 4 amide bonds. The number of benzene rings is 1. The van der Waals surface area contributed by atoms with Crippen molar-refractivity contribution in [1.82, 2.24) is 25.9 Å². The molecule has 4 unspecified atom stereocenters. The number of aliphatic carboxylic acids is 2. The number of hydrogen-bond donors (Lipinski definition) is 9. The van der Waals surface area contributed by atoms with Crippen LogP contribution in [0.25, 0.3) is 0 Å². The Bertz CT molecular complexity index is 1190. The average Bonchev–Trinajstić information content (AvgIpc) is 3.36. The van der Waals surface area contributed by atoms with Crippen molar-refractivity contribution < 1.29 is 44.1 Å². The van der Waals surface area contributed by atoms with E-state index in [9.17, 15) is 39.0 Å². The number of nitrogens with one attached hydrogen (secondary N) is 4. The molecule has 1 aromatic carbocycles. The summed E-state index contributed by atoms with van der Waals surface area (Å²) in [7, 11) is 0. The van der Waals surface area contributed by atoms with Crippen LogP contribution in [0.1, 0.15) is 24.1 Å². The molecular weight excluding hydrogens is 518 g/mol. The van der Waals surface area contributed by atoms with Gasteiger partial charge in [-0.3, -0.25) is 24.0 Å². The zero-order valence-corrected chi connectivity index (χ0v) is 20.5. The summed E-state index contributed by atoms with van der Waals surface area (Å²) in [6.07, 6.45) is 0.974. The van der Waals surface area contributed by atoms with E-state index >= 15 is 0 Å². The molecule has 16 heteroatoms. The van der Waals surface area contributed by atoms with Gasteiger partial charge in [0.05, 0.1) is 25.2 Å². The number of amides is 4. The van der Waals surface area contributed by atoms with Crippen LogP contribution in [-0.2, 0) is 41.6 Å². The van der Waals surface area contributed by atoms with Crippen LogP contribution in [0.5, 0.6) is 5.75 Å². The number of hydrogen-bond acceptors (Lipinski definition) is 9. The van der Waals surface area contributed by atoms with Crippen molar-refractivity contribution in [2.75, 3.05) is 0 Å². The van der Waals surface area contributed by atoms with Crippen molar-refractivity contribution in [3.05, 3.63) is 48.0 Å². The lowest BCUT2D eigenvalue weighted by molar-refractivity contribution is -0.143. The van der Waals surface area contributed by atoms with Gasteiger partial charge in [0.1, 0.15) is 23.9 Å². The molecule has 210 valence electrons. The maximum atomic E-state index is 13.3. The topological polar surface area (TPSA) is 280 Å². The number of rotatable bonds is 15. The van der Waals surface area contributed by atoms with Crippen LogP contribution in [0, 0.1) is 0 Å². The van der Waals surface area contributed by atoms with Crippen molar-refractivity contribution in [1.29, 1.82) is 0 Å². The fraction of sp³-hybridized carbons (Fsp3) is 0.348. The van der Waals surface area contributed by atoms with Gasteiger partial charge in [-0.25, -0.2) is 9.78 Å². The SMILES string of the molecule is NC(=O)CC(NC(=O)C(Cc1ccc(O)cc1)NC(=O)C(Cc1cnc[nH]1)NC(=O)C(N)CC(=O)O)C(=O)O. The number of carbonyl (C=O) groups is 6. The predicted octanol–water partition coefficient (Wildman–Crippen LogP) is -2.88. The van der Waals surface area contributed by atoms with E-state index in [4.69, 9.17) is 16.6 Å². The Balaban J connectivity index is 2.30. The van der Waals surface area contributed by atoms with E-state index in [-0.39, 0.29) is 18.6 Å². The molecule has 2 rings (SSSR count). The number of aromatic nitrogens is 2. The highest BCUT2D eigenvalue weighted by molar-refractivity contribution is 5.95. The third kappa shape index (κ3) is 10.1. The number of phenols is 1. The van der Waals surface area contributed by atoms with Crippen molar-refractivity contribution in [3.63, 3.8) is 0 Å². The van der Waals surface area contributed by atoms with Gasteiger partial charge in [-0.05, 0) is 17.7 Å². The highest BCUT2D eigenvalue weighted by Crippen LogP contribution is 2.12. The molecule has 1 aromatic heterocycles. The standard InChI is InChI=1S/C23H29N7O9/c24-14(7-19(33)34)20(35)28-16(6-12-9-26-10-27-12)22(37)29-15(5-11-1-3-13(31)4-2-11)21(36)30-17(23(38)39)8-18(25)32/h1-4,9-10,14-17,31H,5-8,24H2,(H2,25,32)(H,26,27)(H,28,35)(H,29,37)(H,30,36)(H,33,34)(H,38,39). The van der Waals surface area contributed by atoms with Crippen LogP contribution in [-0.4, -0.2) is 85.0 Å². The molecule has 0 radical (unpaired) electrons. The van der Waals surface area contributed by atoms with E-state index in [2.05, 4.69) is 25.9 Å². The predicted molar refractivity (Wildman–Crippen MR) is 132 cm³/mol. The molecule has 0 aliphatic rings. The molecule has 0 fully saturated rings. The van der Waals surface area contributed by atoms with Crippen molar-refractivity contribution in [2.24, 2.45) is 11.5 Å². The van der Waals surface area contributed by atoms with Gasteiger partial charge in [0.15, 0.2) is 0 Å². The summed E-state index contributed by atoms with van der Waals surface area (Å²) in [5, 5.41) is 34.7. The van der Waals surface area contributed by atoms with Gasteiger partial charge in [-0.2, -0.15) is 0 Å². The monoisotopic (exact) mass is 547 g/mol. The Hall–Kier alpha value is -4.99. The molecule has 0 bridgehead atoms. The minimum absolute atomic E-state index is 0.0591. The summed E-state index contributed by atoms with van der Waals surface area (Å²) >= 11 is 0. The maximum Gasteiger partial charge on any atom is 0.326 e. The summed E-state index contributed by atoms with van der Waals surface area (Å²) in [6, 6.07) is -0.304. The number of carboxylic acid groups (broad SMARTS) is 2. The molecule has 2 aromatic rings. The molecule has 11 N–H and O–H groups in total. The van der Waals surface area contributed by atoms with Crippen molar-refractivity contribution in [3.8, 4) is 5.75 Å². The number of imidazole rings is 1. The van der Waals surface area contributed by atoms with Crippen molar-refractivity contribution in [2.45, 2.75) is 49.9 Å². The lowest BCUT2D eigenvalue weighted by Gasteiger charge is -2.25. The molecule has 16 nitrogen and oxygen atoms in total. The molecule has 39 heavy (non-hydrogen) atoms. The molecule has 0 spiro atoms. The summed E-state index contributed by atoms with van der Waals surface area (Å²) < 4.78 is 0. The minimum Gasteiger partial charge on any atom is -0.508 e. The molecular formula is C23H29N7O9. The summed E-state index contributed by atoms with van der Waals surface area (Å²) in [5.41, 5.74) is 11.5. The average molecular weight is 548 g/mol. The first-order chi connectivity index (χ1) is 18.3. The van der Waals surface area contributed by atoms with Gasteiger partial charge < -0.3 is 47.7 Å². The van der Waals surface area contributed by atoms with E-state index in [1.165, 1.54) is 36.8 Å². The number of nitrogens with two attached hydrogens (primary N) is 2. The molecule has 0 aliphatic carbocycles. The van der Waals surface area contributed by atoms with Gasteiger partial charge in [0.25, 0.3) is 0 Å². The van der Waals surface area contributed by atoms with E-state index in [1.54, 1.807) is 0 Å². The number of H-pyrrole nitrogens is 1. The van der Waals surface area contributed by atoms with Gasteiger partial charge in [-0.15, -0.1) is 0 Å². The second-order valence-electron chi connectivity index (χ2n) is 8.55. The molecule has 4 atom stereocenters. The fourth-order valence-corrected chi connectivity index (χ4v) is 3.41. The number of carbonyl (C=O) groups excluding carboxylic acids is 4. The second-order valence-corrected chi connectivity index (χ2v) is 8.55. The highest BCUT2D eigenvalue weighted by Gasteiger charge is 2.31. The first-order valence-corrected chi connectivity index (χ1v) is 11.5. The van der Waals surface area contributed by atoms with Crippen LogP contribution in [0.3, 0.4) is 0 Å². The summed E-state index contributed by atoms with van der Waals surface area (Å²) in [5.74, 6) is -6.71. The molecule has 1 heterocycles. The quantitative estimate of drug-likeness (QED) is 0.109. The number of primary amides is 1. The number of aromatic amines is 1. The van der Waals surface area contributed by atoms with Gasteiger partial charge in [-0.1, -0.05) is 12.1 Å². The molecule has 0 saturated carbocycles. The van der Waals surface area contributed by atoms with Crippen LogP contribution >= 0.6 is 0 Å². The van der Waals surface area contributed by atoms with E-state index in [0.29, 0.717) is 11.3 Å². The van der Waals surface area contributed by atoms with Crippen LogP contribution < -0.4 is 27.4 Å². The number of carboxylic acids is 2. The Kier molecular flexibility index (Phi) is 10.9. The maximum absolute atomic E-state index is 13.3. The Morgan fingerprint density at radius 1 is 0.846 bits per heavy atom. The first kappa shape index (κ1) is 30.2. The smallest absolute Gasteiger partial charge is 0.326 e. The van der Waals surface area contributed by atoms with Gasteiger partial charge in [0.2, 0.25) is 23.6 Å². The first-order valence-electron chi connectivity index (χ1n) is 11.5. The molecule has 0 aliphatic heterocycles. The van der Waals surface area contributed by atoms with E-state index in [0.717, 1.165) is 0 Å². The minimum atomic E-state index is -1.68. The Morgan fingerprint density at radius 2 is 1.41 bits per heavy atom. The van der Waals surface area contributed by atoms with Gasteiger partial charge in [0, 0.05) is 24.7 Å². The zero-order valence-electron chi connectivity index (χ0n) is 20.5. The van der Waals surface area contributed by atoms with Crippen LogP contribution in [0.2, 0.25) is 0 Å². The van der Waals surface area contributed by atoms with Crippen LogP contribution in [0.4, 0.5) is 0 Å². The third-order valence-corrected chi connectivity index (χ3v) is 5.37. The molecule has 0 saturated heterocycles. The third-order valence-electron chi connectivity index (χ3n) is 5.37. The second kappa shape index (κ2) is 14.1. The zero-order chi connectivity index (χ0) is 29.1. The lowest BCUT2D eigenvalue weighted by atomic mass is 10.0.